The normalized spacial score (nSPS) is 12.0. The lowest BCUT2D eigenvalue weighted by Gasteiger charge is -2.14. The zero-order valence-electron chi connectivity index (χ0n) is 14.6. The lowest BCUT2D eigenvalue weighted by atomic mass is 9.98. The molecule has 0 bridgehead atoms. The predicted molar refractivity (Wildman–Crippen MR) is 92.4 cm³/mol. The first-order valence-electron chi connectivity index (χ1n) is 7.87. The minimum atomic E-state index is -4.52. The van der Waals surface area contributed by atoms with E-state index in [1.807, 2.05) is 6.07 Å². The fraction of sp³-hybridized carbons (Fsp3) is 0.263. The van der Waals surface area contributed by atoms with Crippen molar-refractivity contribution in [1.82, 2.24) is 0 Å². The number of benzene rings is 2. The molecule has 142 valence electrons. The second-order valence-corrected chi connectivity index (χ2v) is 5.63. The number of nitrogens with one attached hydrogen (secondary N) is 1. The van der Waals surface area contributed by atoms with Crippen LogP contribution in [0.2, 0.25) is 0 Å². The van der Waals surface area contributed by atoms with Crippen molar-refractivity contribution in [2.75, 3.05) is 19.5 Å². The van der Waals surface area contributed by atoms with Crippen LogP contribution in [-0.4, -0.2) is 20.1 Å². The molecule has 1 N–H and O–H groups in total. The molecular weight excluding hydrogens is 361 g/mol. The highest BCUT2D eigenvalue weighted by molar-refractivity contribution is 5.94. The number of amides is 1. The first-order valence-corrected chi connectivity index (χ1v) is 7.87. The number of hydrogen-bond acceptors (Lipinski definition) is 4. The topological polar surface area (TPSA) is 71.3 Å². The summed E-state index contributed by atoms with van der Waals surface area (Å²) < 4.78 is 48.7. The molecule has 0 saturated carbocycles. The molecule has 0 aliphatic rings. The van der Waals surface area contributed by atoms with E-state index in [2.05, 4.69) is 5.32 Å². The van der Waals surface area contributed by atoms with E-state index in [0.717, 1.165) is 12.1 Å². The third kappa shape index (κ3) is 5.14. The quantitative estimate of drug-likeness (QED) is 0.823. The molecule has 2 rings (SSSR count). The van der Waals surface area contributed by atoms with E-state index in [1.54, 1.807) is 18.2 Å². The van der Waals surface area contributed by atoms with Gasteiger partial charge in [-0.3, -0.25) is 4.79 Å². The molecule has 0 aliphatic heterocycles. The SMILES string of the molecule is COc1ccc(CC(C#N)C(=O)Nc2cccc(C(F)(F)F)c2)c(OC)c1. The van der Waals surface area contributed by atoms with Gasteiger partial charge in [0.15, 0.2) is 0 Å². The minimum Gasteiger partial charge on any atom is -0.497 e. The Labute approximate surface area is 154 Å². The molecule has 1 amide bonds. The van der Waals surface area contributed by atoms with Crippen LogP contribution in [0.25, 0.3) is 0 Å². The molecule has 1 atom stereocenters. The second kappa shape index (κ2) is 8.45. The van der Waals surface area contributed by atoms with Crippen molar-refractivity contribution in [2.45, 2.75) is 12.6 Å². The highest BCUT2D eigenvalue weighted by Gasteiger charge is 2.30. The molecular formula is C19H17F3N2O3. The van der Waals surface area contributed by atoms with Crippen LogP contribution in [0.15, 0.2) is 42.5 Å². The van der Waals surface area contributed by atoms with Gasteiger partial charge in [-0.1, -0.05) is 12.1 Å². The average molecular weight is 378 g/mol. The van der Waals surface area contributed by atoms with Crippen molar-refractivity contribution in [1.29, 1.82) is 5.26 Å². The molecule has 27 heavy (non-hydrogen) atoms. The summed E-state index contributed by atoms with van der Waals surface area (Å²) in [7, 11) is 2.94. The van der Waals surface area contributed by atoms with Gasteiger partial charge in [-0.25, -0.2) is 0 Å². The third-order valence-electron chi connectivity index (χ3n) is 3.85. The summed E-state index contributed by atoms with van der Waals surface area (Å²) >= 11 is 0. The van der Waals surface area contributed by atoms with Crippen molar-refractivity contribution in [2.24, 2.45) is 5.92 Å². The molecule has 0 heterocycles. The number of nitriles is 1. The van der Waals surface area contributed by atoms with Crippen LogP contribution in [-0.2, 0) is 17.4 Å². The number of hydrogen-bond donors (Lipinski definition) is 1. The van der Waals surface area contributed by atoms with E-state index < -0.39 is 23.6 Å². The summed E-state index contributed by atoms with van der Waals surface area (Å²) in [5.41, 5.74) is -0.313. The van der Waals surface area contributed by atoms with E-state index in [0.29, 0.717) is 17.1 Å². The number of nitrogens with zero attached hydrogens (tertiary/aromatic N) is 1. The maximum absolute atomic E-state index is 12.8. The zero-order valence-corrected chi connectivity index (χ0v) is 14.6. The van der Waals surface area contributed by atoms with Gasteiger partial charge in [-0.15, -0.1) is 0 Å². The van der Waals surface area contributed by atoms with Crippen LogP contribution in [0.1, 0.15) is 11.1 Å². The number of rotatable bonds is 6. The highest BCUT2D eigenvalue weighted by atomic mass is 19.4. The zero-order chi connectivity index (χ0) is 20.0. The summed E-state index contributed by atoms with van der Waals surface area (Å²) in [5.74, 6) is -0.810. The van der Waals surface area contributed by atoms with Crippen LogP contribution in [0.3, 0.4) is 0 Å². The van der Waals surface area contributed by atoms with Gasteiger partial charge in [-0.05, 0) is 29.8 Å². The third-order valence-corrected chi connectivity index (χ3v) is 3.85. The number of anilines is 1. The standard InChI is InChI=1S/C19H17F3N2O3/c1-26-16-7-6-12(17(10-16)27-2)8-13(11-23)18(25)24-15-5-3-4-14(9-15)19(20,21)22/h3-7,9-10,13H,8H2,1-2H3,(H,24,25). The molecule has 2 aromatic carbocycles. The van der Waals surface area contributed by atoms with Crippen LogP contribution in [0.4, 0.5) is 18.9 Å². The Morgan fingerprint density at radius 2 is 1.93 bits per heavy atom. The van der Waals surface area contributed by atoms with Gasteiger partial charge in [0.2, 0.25) is 5.91 Å². The Bertz CT molecular complexity index is 860. The fourth-order valence-corrected chi connectivity index (χ4v) is 2.44. The summed E-state index contributed by atoms with van der Waals surface area (Å²) in [5, 5.41) is 11.7. The molecule has 8 heteroatoms. The maximum atomic E-state index is 12.8. The first kappa shape index (κ1) is 20.1. The van der Waals surface area contributed by atoms with Gasteiger partial charge < -0.3 is 14.8 Å². The monoisotopic (exact) mass is 378 g/mol. The van der Waals surface area contributed by atoms with Gasteiger partial charge >= 0.3 is 6.18 Å². The number of methoxy groups -OCH3 is 2. The van der Waals surface area contributed by atoms with E-state index in [9.17, 15) is 23.2 Å². The predicted octanol–water partition coefficient (Wildman–Crippen LogP) is 4.04. The molecule has 0 aromatic heterocycles. The number of carbonyl (C=O) groups is 1. The van der Waals surface area contributed by atoms with E-state index in [1.165, 1.54) is 26.4 Å². The Kier molecular flexibility index (Phi) is 6.29. The smallest absolute Gasteiger partial charge is 0.416 e. The van der Waals surface area contributed by atoms with Gasteiger partial charge in [-0.2, -0.15) is 18.4 Å². The lowest BCUT2D eigenvalue weighted by molar-refractivity contribution is -0.137. The van der Waals surface area contributed by atoms with Gasteiger partial charge in [0.1, 0.15) is 17.4 Å². The molecule has 5 nitrogen and oxygen atoms in total. The number of ether oxygens (including phenoxy) is 2. The van der Waals surface area contributed by atoms with E-state index >= 15 is 0 Å². The van der Waals surface area contributed by atoms with Crippen molar-refractivity contribution in [3.05, 3.63) is 53.6 Å². The molecule has 0 saturated heterocycles. The van der Waals surface area contributed by atoms with Crippen molar-refractivity contribution < 1.29 is 27.4 Å². The largest absolute Gasteiger partial charge is 0.497 e. The number of alkyl halides is 3. The molecule has 2 aromatic rings. The molecule has 1 unspecified atom stereocenters. The molecule has 0 spiro atoms. The van der Waals surface area contributed by atoms with E-state index in [4.69, 9.17) is 9.47 Å². The number of carbonyl (C=O) groups excluding carboxylic acids is 1. The molecule has 0 aliphatic carbocycles. The fourth-order valence-electron chi connectivity index (χ4n) is 2.44. The Balaban J connectivity index is 2.17. The van der Waals surface area contributed by atoms with Crippen LogP contribution < -0.4 is 14.8 Å². The van der Waals surface area contributed by atoms with Crippen LogP contribution >= 0.6 is 0 Å². The average Bonchev–Trinajstić information content (AvgIpc) is 2.65. The maximum Gasteiger partial charge on any atom is 0.416 e. The van der Waals surface area contributed by atoms with Gasteiger partial charge in [0.25, 0.3) is 0 Å². The number of halogens is 3. The van der Waals surface area contributed by atoms with Gasteiger partial charge in [0, 0.05) is 18.2 Å². The highest BCUT2D eigenvalue weighted by Crippen LogP contribution is 2.31. The van der Waals surface area contributed by atoms with Crippen LogP contribution in [0, 0.1) is 17.2 Å². The Morgan fingerprint density at radius 3 is 2.52 bits per heavy atom. The first-order chi connectivity index (χ1) is 12.8. The Hall–Kier alpha value is -3.21. The molecule has 0 fully saturated rings. The second-order valence-electron chi connectivity index (χ2n) is 5.63. The van der Waals surface area contributed by atoms with Crippen molar-refractivity contribution in [3.63, 3.8) is 0 Å². The molecule has 0 radical (unpaired) electrons. The summed E-state index contributed by atoms with van der Waals surface area (Å²) in [6.07, 6.45) is -4.49. The minimum absolute atomic E-state index is 0.0308. The Morgan fingerprint density at radius 1 is 1.19 bits per heavy atom. The van der Waals surface area contributed by atoms with Crippen molar-refractivity contribution >= 4 is 11.6 Å². The summed E-state index contributed by atoms with van der Waals surface area (Å²) in [6, 6.07) is 11.1. The van der Waals surface area contributed by atoms with Gasteiger partial charge in [0.05, 0.1) is 25.9 Å². The summed E-state index contributed by atoms with van der Waals surface area (Å²) in [6.45, 7) is 0. The lowest BCUT2D eigenvalue weighted by Crippen LogP contribution is -2.24. The van der Waals surface area contributed by atoms with Crippen molar-refractivity contribution in [3.8, 4) is 17.6 Å². The summed E-state index contributed by atoms with van der Waals surface area (Å²) in [4.78, 5) is 12.4. The van der Waals surface area contributed by atoms with E-state index in [-0.39, 0.29) is 12.1 Å². The van der Waals surface area contributed by atoms with Crippen LogP contribution in [0.5, 0.6) is 11.5 Å².